The number of para-hydroxylation sites is 1. The van der Waals surface area contributed by atoms with Gasteiger partial charge in [-0.15, -0.1) is 0 Å². The molecule has 0 radical (unpaired) electrons. The van der Waals surface area contributed by atoms with E-state index in [-0.39, 0.29) is 0 Å². The zero-order chi connectivity index (χ0) is 30.6. The summed E-state index contributed by atoms with van der Waals surface area (Å²) >= 11 is 0. The molecule has 11 rings (SSSR count). The molecule has 0 N–H and O–H groups in total. The molecule has 1 aromatic heterocycles. The van der Waals surface area contributed by atoms with E-state index in [9.17, 15) is 0 Å². The molecule has 0 atom stereocenters. The lowest BCUT2D eigenvalue weighted by Gasteiger charge is -2.16. The highest BCUT2D eigenvalue weighted by Gasteiger charge is 2.17. The van der Waals surface area contributed by atoms with Crippen LogP contribution in [-0.4, -0.2) is 0 Å². The SMILES string of the molecule is c1ccc2c(c1)ccc1c3cccc(-c4ccc5c(c4)c4ccccc4c4cc6c7ccccc7c7ccccc7c6cc54)c3oc21. The Morgan fingerprint density at radius 1 is 0.255 bits per heavy atom. The Labute approximate surface area is 269 Å². The van der Waals surface area contributed by atoms with Crippen LogP contribution >= 0.6 is 0 Å². The number of hydrogen-bond donors (Lipinski definition) is 0. The zero-order valence-corrected chi connectivity index (χ0v) is 25.4. The minimum atomic E-state index is 0.938. The average Bonchev–Trinajstić information content (AvgIpc) is 3.54. The van der Waals surface area contributed by atoms with Crippen LogP contribution in [0.3, 0.4) is 0 Å². The molecule has 0 spiro atoms. The Bertz CT molecular complexity index is 3120. The van der Waals surface area contributed by atoms with Gasteiger partial charge < -0.3 is 4.42 Å². The van der Waals surface area contributed by atoms with Crippen molar-refractivity contribution in [2.75, 3.05) is 0 Å². The van der Waals surface area contributed by atoms with E-state index in [2.05, 4.69) is 158 Å². The van der Waals surface area contributed by atoms with E-state index in [4.69, 9.17) is 4.42 Å². The highest BCUT2D eigenvalue weighted by Crippen LogP contribution is 2.44. The summed E-state index contributed by atoms with van der Waals surface area (Å²) in [6, 6.07) is 57.8. The first-order valence-electron chi connectivity index (χ1n) is 16.3. The molecule has 0 bridgehead atoms. The van der Waals surface area contributed by atoms with Crippen LogP contribution in [0.15, 0.2) is 162 Å². The predicted octanol–water partition coefficient (Wildman–Crippen LogP) is 13.3. The van der Waals surface area contributed by atoms with Crippen molar-refractivity contribution in [3.05, 3.63) is 158 Å². The first-order chi connectivity index (χ1) is 23.3. The van der Waals surface area contributed by atoms with Gasteiger partial charge in [-0.25, -0.2) is 0 Å². The van der Waals surface area contributed by atoms with Gasteiger partial charge >= 0.3 is 0 Å². The first kappa shape index (κ1) is 25.1. The number of hydrogen-bond acceptors (Lipinski definition) is 1. The molecule has 47 heavy (non-hydrogen) atoms. The summed E-state index contributed by atoms with van der Waals surface area (Å²) < 4.78 is 6.75. The van der Waals surface area contributed by atoms with Gasteiger partial charge in [-0.1, -0.05) is 133 Å². The predicted molar refractivity (Wildman–Crippen MR) is 202 cm³/mol. The summed E-state index contributed by atoms with van der Waals surface area (Å²) in [5.41, 5.74) is 4.17. The van der Waals surface area contributed by atoms with E-state index < -0.39 is 0 Å². The third-order valence-corrected chi connectivity index (χ3v) is 10.4. The van der Waals surface area contributed by atoms with Gasteiger partial charge in [0.05, 0.1) is 0 Å². The standard InChI is InChI=1S/C46H26O/c1-2-11-29-27(10-1)20-23-39-38-19-9-18-30(46(38)47-45(29)39)28-21-22-37-40(24-28)35-16-7-8-17-36(35)43-25-41-33-14-5-3-12-31(33)32-13-4-6-15-34(32)42(41)26-44(37)43/h1-26H. The molecule has 11 aromatic rings. The summed E-state index contributed by atoms with van der Waals surface area (Å²) in [6.45, 7) is 0. The molecule has 0 amide bonds. The van der Waals surface area contributed by atoms with Crippen molar-refractivity contribution in [3.8, 4) is 11.1 Å². The maximum absolute atomic E-state index is 6.75. The Kier molecular flexibility index (Phi) is 4.90. The fraction of sp³-hybridized carbons (Fsp3) is 0. The molecule has 1 heterocycles. The van der Waals surface area contributed by atoms with Gasteiger partial charge in [0, 0.05) is 21.7 Å². The van der Waals surface area contributed by atoms with Gasteiger partial charge in [-0.3, -0.25) is 0 Å². The maximum atomic E-state index is 6.75. The van der Waals surface area contributed by atoms with Crippen LogP contribution in [0.5, 0.6) is 0 Å². The number of fused-ring (bicyclic) bond motifs is 17. The molecule has 0 saturated carbocycles. The van der Waals surface area contributed by atoms with Gasteiger partial charge in [0.25, 0.3) is 0 Å². The fourth-order valence-corrected chi connectivity index (χ4v) is 8.27. The molecule has 0 aliphatic rings. The van der Waals surface area contributed by atoms with Crippen LogP contribution in [0.25, 0.3) is 108 Å². The van der Waals surface area contributed by atoms with E-state index in [1.807, 2.05) is 0 Å². The van der Waals surface area contributed by atoms with E-state index in [0.717, 1.165) is 38.5 Å². The highest BCUT2D eigenvalue weighted by atomic mass is 16.3. The second-order valence-corrected chi connectivity index (χ2v) is 12.8. The van der Waals surface area contributed by atoms with Crippen molar-refractivity contribution in [1.82, 2.24) is 0 Å². The lowest BCUT2D eigenvalue weighted by molar-refractivity contribution is 0.674. The minimum absolute atomic E-state index is 0.938. The van der Waals surface area contributed by atoms with Gasteiger partial charge in [0.15, 0.2) is 0 Å². The van der Waals surface area contributed by atoms with Gasteiger partial charge in [0.2, 0.25) is 0 Å². The van der Waals surface area contributed by atoms with Crippen LogP contribution in [0, 0.1) is 0 Å². The first-order valence-corrected chi connectivity index (χ1v) is 16.3. The van der Waals surface area contributed by atoms with E-state index in [1.54, 1.807) is 0 Å². The molecule has 0 fully saturated rings. The Balaban J connectivity index is 1.24. The topological polar surface area (TPSA) is 13.1 Å². The average molecular weight is 595 g/mol. The quantitative estimate of drug-likeness (QED) is 0.136. The number of benzene rings is 10. The van der Waals surface area contributed by atoms with Gasteiger partial charge in [0.1, 0.15) is 11.2 Å². The normalized spacial score (nSPS) is 12.3. The summed E-state index contributed by atoms with van der Waals surface area (Å²) in [7, 11) is 0. The largest absolute Gasteiger partial charge is 0.455 e. The molecule has 0 saturated heterocycles. The lowest BCUT2D eigenvalue weighted by Crippen LogP contribution is -1.88. The summed E-state index contributed by atoms with van der Waals surface area (Å²) in [5, 5.41) is 20.1. The molecule has 1 nitrogen and oxygen atoms in total. The summed E-state index contributed by atoms with van der Waals surface area (Å²) in [6.07, 6.45) is 0. The van der Waals surface area contributed by atoms with Crippen LogP contribution in [-0.2, 0) is 0 Å². The minimum Gasteiger partial charge on any atom is -0.455 e. The molecule has 1 heteroatoms. The number of furan rings is 1. The third-order valence-electron chi connectivity index (χ3n) is 10.4. The molecule has 10 aromatic carbocycles. The van der Waals surface area contributed by atoms with E-state index >= 15 is 0 Å². The number of rotatable bonds is 1. The molecular formula is C46H26O. The molecule has 0 aliphatic heterocycles. The van der Waals surface area contributed by atoms with Crippen LogP contribution in [0.2, 0.25) is 0 Å². The van der Waals surface area contributed by atoms with Crippen molar-refractivity contribution in [2.45, 2.75) is 0 Å². The summed E-state index contributed by atoms with van der Waals surface area (Å²) in [4.78, 5) is 0. The highest BCUT2D eigenvalue weighted by molar-refractivity contribution is 6.33. The summed E-state index contributed by atoms with van der Waals surface area (Å²) in [5.74, 6) is 0. The second kappa shape index (κ2) is 9.19. The molecular weight excluding hydrogens is 569 g/mol. The van der Waals surface area contributed by atoms with E-state index in [1.165, 1.54) is 70.0 Å². The zero-order valence-electron chi connectivity index (χ0n) is 25.4. The van der Waals surface area contributed by atoms with Crippen molar-refractivity contribution < 1.29 is 4.42 Å². The maximum Gasteiger partial charge on any atom is 0.143 e. The van der Waals surface area contributed by atoms with Crippen molar-refractivity contribution >= 4 is 97.3 Å². The van der Waals surface area contributed by atoms with Crippen LogP contribution in [0.1, 0.15) is 0 Å². The Hall–Kier alpha value is -6.18. The van der Waals surface area contributed by atoms with Crippen molar-refractivity contribution in [2.24, 2.45) is 0 Å². The molecule has 0 unspecified atom stereocenters. The van der Waals surface area contributed by atoms with Crippen molar-refractivity contribution in [1.29, 1.82) is 0 Å². The van der Waals surface area contributed by atoms with Crippen LogP contribution in [0.4, 0.5) is 0 Å². The van der Waals surface area contributed by atoms with Gasteiger partial charge in [-0.05, 0) is 99.8 Å². The Morgan fingerprint density at radius 2 is 0.681 bits per heavy atom. The van der Waals surface area contributed by atoms with Gasteiger partial charge in [-0.2, -0.15) is 0 Å². The lowest BCUT2D eigenvalue weighted by atomic mass is 9.88. The van der Waals surface area contributed by atoms with E-state index in [0.29, 0.717) is 0 Å². The third kappa shape index (κ3) is 3.38. The molecule has 216 valence electrons. The van der Waals surface area contributed by atoms with Crippen LogP contribution < -0.4 is 0 Å². The Morgan fingerprint density at radius 3 is 1.28 bits per heavy atom. The molecule has 0 aliphatic carbocycles. The monoisotopic (exact) mass is 594 g/mol. The smallest absolute Gasteiger partial charge is 0.143 e. The fourth-order valence-electron chi connectivity index (χ4n) is 8.27. The van der Waals surface area contributed by atoms with Crippen molar-refractivity contribution in [3.63, 3.8) is 0 Å². The second-order valence-electron chi connectivity index (χ2n) is 12.8.